The second kappa shape index (κ2) is 2.50. The van der Waals surface area contributed by atoms with Gasteiger partial charge < -0.3 is 16.5 Å². The van der Waals surface area contributed by atoms with Crippen molar-refractivity contribution in [3.05, 3.63) is 15.9 Å². The van der Waals surface area contributed by atoms with Crippen molar-refractivity contribution >= 4 is 22.5 Å². The van der Waals surface area contributed by atoms with E-state index in [0.717, 1.165) is 0 Å². The van der Waals surface area contributed by atoms with Crippen molar-refractivity contribution < 1.29 is 0 Å². The van der Waals surface area contributed by atoms with Crippen LogP contribution >= 0.6 is 0 Å². The highest BCUT2D eigenvalue weighted by molar-refractivity contribution is 5.93. The predicted octanol–water partition coefficient (Wildman–Crippen LogP) is -0.713. The highest BCUT2D eigenvalue weighted by Crippen LogP contribution is 2.19. The number of aromatic nitrogens is 3. The molecule has 7 nitrogen and oxygen atoms in total. The maximum atomic E-state index is 11.4. The van der Waals surface area contributed by atoms with Crippen LogP contribution in [0.25, 0.3) is 10.9 Å². The van der Waals surface area contributed by atoms with Gasteiger partial charge in [0.2, 0.25) is 0 Å². The quantitative estimate of drug-likeness (QED) is 0.434. The molecule has 2 aromatic rings. The first-order valence-corrected chi connectivity index (χ1v) is 3.70. The fraction of sp³-hybridized carbons (Fsp3) is 0. The molecule has 6 N–H and O–H groups in total. The summed E-state index contributed by atoms with van der Waals surface area (Å²) in [5, 5.41) is 15.1. The van der Waals surface area contributed by atoms with E-state index in [1.165, 1.54) is 0 Å². The summed E-state index contributed by atoms with van der Waals surface area (Å²) >= 11 is 0. The third-order valence-corrected chi connectivity index (χ3v) is 1.90. The summed E-state index contributed by atoms with van der Waals surface area (Å²) in [5.74, 6) is 0.0615. The van der Waals surface area contributed by atoms with E-state index in [9.17, 15) is 4.79 Å². The molecule has 0 aliphatic rings. The monoisotopic (exact) mass is 190 g/mol. The minimum Gasteiger partial charge on any atom is -0.384 e. The minimum atomic E-state index is -0.456. The van der Waals surface area contributed by atoms with Crippen LogP contribution in [0.4, 0.5) is 11.6 Å². The zero-order valence-corrected chi connectivity index (χ0v) is 6.96. The molecule has 0 atom stereocenters. The van der Waals surface area contributed by atoms with Gasteiger partial charge in [-0.15, -0.1) is 0 Å². The second-order valence-corrected chi connectivity index (χ2v) is 2.71. The Kier molecular flexibility index (Phi) is 1.45. The van der Waals surface area contributed by atoms with Gasteiger partial charge in [0.15, 0.2) is 5.82 Å². The van der Waals surface area contributed by atoms with Gasteiger partial charge in [0.1, 0.15) is 22.8 Å². The number of nitriles is 1. The molecule has 2 aromatic heterocycles. The van der Waals surface area contributed by atoms with Crippen molar-refractivity contribution in [3.63, 3.8) is 0 Å². The Hall–Kier alpha value is -2.49. The summed E-state index contributed by atoms with van der Waals surface area (Å²) in [4.78, 5) is 13.7. The zero-order valence-electron chi connectivity index (χ0n) is 6.96. The van der Waals surface area contributed by atoms with Gasteiger partial charge in [-0.3, -0.25) is 9.89 Å². The number of nitrogens with two attached hydrogens (primary N) is 2. The van der Waals surface area contributed by atoms with Gasteiger partial charge >= 0.3 is 0 Å². The van der Waals surface area contributed by atoms with Crippen molar-refractivity contribution in [3.8, 4) is 6.07 Å². The summed E-state index contributed by atoms with van der Waals surface area (Å²) in [7, 11) is 0. The Balaban J connectivity index is 3.10. The van der Waals surface area contributed by atoms with Gasteiger partial charge in [0, 0.05) is 0 Å². The average molecular weight is 190 g/mol. The molecule has 0 aliphatic carbocycles. The number of fused-ring (bicyclic) bond motifs is 1. The number of nitrogen functional groups attached to an aromatic ring is 2. The van der Waals surface area contributed by atoms with E-state index >= 15 is 0 Å². The molecular weight excluding hydrogens is 184 g/mol. The molecule has 2 rings (SSSR count). The van der Waals surface area contributed by atoms with Crippen LogP contribution in [0.15, 0.2) is 4.79 Å². The Bertz CT molecular complexity index is 601. The highest BCUT2D eigenvalue weighted by atomic mass is 16.1. The predicted molar refractivity (Wildman–Crippen MR) is 50.3 cm³/mol. The van der Waals surface area contributed by atoms with E-state index in [4.69, 9.17) is 16.7 Å². The van der Waals surface area contributed by atoms with E-state index in [2.05, 4.69) is 15.2 Å². The van der Waals surface area contributed by atoms with Crippen molar-refractivity contribution in [2.24, 2.45) is 0 Å². The number of anilines is 2. The van der Waals surface area contributed by atoms with Crippen molar-refractivity contribution in [1.82, 2.24) is 15.2 Å². The molecule has 2 heterocycles. The Morgan fingerprint density at radius 3 is 2.79 bits per heavy atom. The first kappa shape index (κ1) is 8.12. The van der Waals surface area contributed by atoms with E-state index in [1.54, 1.807) is 0 Å². The topological polar surface area (TPSA) is 137 Å². The molecule has 0 saturated carbocycles. The summed E-state index contributed by atoms with van der Waals surface area (Å²) < 4.78 is 0. The first-order chi connectivity index (χ1) is 6.65. The van der Waals surface area contributed by atoms with Crippen LogP contribution in [0.2, 0.25) is 0 Å². The molecule has 0 amide bonds. The standard InChI is InChI=1S/C7H6N6O/c8-1-2-4-3(6(10)13-12-4)7(14)11-5(2)9/h(H3,9,11,14)(H3,10,12,13). The van der Waals surface area contributed by atoms with Crippen LogP contribution in [0.3, 0.4) is 0 Å². The molecule has 0 aliphatic heterocycles. The number of nitrogens with zero attached hydrogens (tertiary/aromatic N) is 2. The Morgan fingerprint density at radius 1 is 1.43 bits per heavy atom. The number of pyridine rings is 1. The summed E-state index contributed by atoms with van der Waals surface area (Å²) in [6, 6.07) is 1.86. The normalized spacial score (nSPS) is 10.2. The van der Waals surface area contributed by atoms with Gasteiger partial charge in [0.05, 0.1) is 5.52 Å². The number of aromatic amines is 2. The molecule has 0 saturated heterocycles. The molecule has 7 heteroatoms. The lowest BCUT2D eigenvalue weighted by Crippen LogP contribution is -2.11. The maximum absolute atomic E-state index is 11.4. The lowest BCUT2D eigenvalue weighted by Gasteiger charge is -1.97. The molecule has 0 radical (unpaired) electrons. The number of H-pyrrole nitrogens is 2. The van der Waals surface area contributed by atoms with Crippen molar-refractivity contribution in [1.29, 1.82) is 5.26 Å². The number of hydrogen-bond acceptors (Lipinski definition) is 5. The molecule has 0 aromatic carbocycles. The van der Waals surface area contributed by atoms with E-state index in [-0.39, 0.29) is 28.1 Å². The molecule has 14 heavy (non-hydrogen) atoms. The third kappa shape index (κ3) is 0.847. The van der Waals surface area contributed by atoms with E-state index in [1.807, 2.05) is 6.07 Å². The highest BCUT2D eigenvalue weighted by Gasteiger charge is 2.13. The molecule has 0 unspecified atom stereocenters. The second-order valence-electron chi connectivity index (χ2n) is 2.71. The summed E-state index contributed by atoms with van der Waals surface area (Å²) in [5.41, 5.74) is 10.8. The van der Waals surface area contributed by atoms with Crippen LogP contribution in [0.5, 0.6) is 0 Å². The van der Waals surface area contributed by atoms with Crippen LogP contribution in [-0.4, -0.2) is 15.2 Å². The maximum Gasteiger partial charge on any atom is 0.262 e. The Morgan fingerprint density at radius 2 is 2.14 bits per heavy atom. The van der Waals surface area contributed by atoms with Crippen LogP contribution in [0, 0.1) is 11.3 Å². The molecule has 70 valence electrons. The van der Waals surface area contributed by atoms with E-state index < -0.39 is 5.56 Å². The number of rotatable bonds is 0. The largest absolute Gasteiger partial charge is 0.384 e. The smallest absolute Gasteiger partial charge is 0.262 e. The average Bonchev–Trinajstić information content (AvgIpc) is 2.49. The molecule has 0 fully saturated rings. The van der Waals surface area contributed by atoms with Gasteiger partial charge in [-0.05, 0) is 0 Å². The lowest BCUT2D eigenvalue weighted by molar-refractivity contribution is 1.12. The van der Waals surface area contributed by atoms with Gasteiger partial charge in [-0.1, -0.05) is 0 Å². The van der Waals surface area contributed by atoms with Crippen LogP contribution in [0.1, 0.15) is 5.56 Å². The molecular formula is C7H6N6O. The lowest BCUT2D eigenvalue weighted by atomic mass is 10.2. The minimum absolute atomic E-state index is 0.00801. The summed E-state index contributed by atoms with van der Waals surface area (Å²) in [6.45, 7) is 0. The third-order valence-electron chi connectivity index (χ3n) is 1.90. The SMILES string of the molecule is N#Cc1c(N)[nH]c(=O)c2c(N)n[nH]c12. The van der Waals surface area contributed by atoms with Crippen molar-refractivity contribution in [2.75, 3.05) is 11.5 Å². The molecule has 0 bridgehead atoms. The van der Waals surface area contributed by atoms with Crippen LogP contribution < -0.4 is 17.0 Å². The number of nitrogens with one attached hydrogen (secondary N) is 2. The van der Waals surface area contributed by atoms with Crippen LogP contribution in [-0.2, 0) is 0 Å². The Labute approximate surface area is 77.3 Å². The van der Waals surface area contributed by atoms with Gasteiger partial charge in [0.25, 0.3) is 5.56 Å². The van der Waals surface area contributed by atoms with E-state index in [0.29, 0.717) is 0 Å². The summed E-state index contributed by atoms with van der Waals surface area (Å²) in [6.07, 6.45) is 0. The van der Waals surface area contributed by atoms with Gasteiger partial charge in [-0.2, -0.15) is 10.4 Å². The van der Waals surface area contributed by atoms with Gasteiger partial charge in [-0.25, -0.2) is 0 Å². The zero-order chi connectivity index (χ0) is 10.3. The van der Waals surface area contributed by atoms with Crippen molar-refractivity contribution in [2.45, 2.75) is 0 Å². The molecule has 0 spiro atoms. The fourth-order valence-electron chi connectivity index (χ4n) is 1.26. The number of hydrogen-bond donors (Lipinski definition) is 4. The fourth-order valence-corrected chi connectivity index (χ4v) is 1.26. The first-order valence-electron chi connectivity index (χ1n) is 3.70.